The largest absolute Gasteiger partial charge is 0.322 e. The lowest BCUT2D eigenvalue weighted by Crippen LogP contribution is -2.13. The zero-order valence-corrected chi connectivity index (χ0v) is 12.9. The van der Waals surface area contributed by atoms with Crippen LogP contribution >= 0.6 is 15.9 Å². The van der Waals surface area contributed by atoms with Gasteiger partial charge in [-0.3, -0.25) is 4.79 Å². The standard InChI is InChI=1S/C13H11BrN2O3S/c1-20(18,19)10-6-4-9(5-7-10)16-13(17)11-3-2-8-15-12(11)14/h2-8H,1H3,(H,16,17). The van der Waals surface area contributed by atoms with Crippen LogP contribution in [0.5, 0.6) is 0 Å². The number of anilines is 1. The van der Waals surface area contributed by atoms with E-state index in [1.54, 1.807) is 30.5 Å². The first kappa shape index (κ1) is 14.7. The Morgan fingerprint density at radius 3 is 2.40 bits per heavy atom. The molecule has 0 saturated heterocycles. The molecule has 0 radical (unpaired) electrons. The van der Waals surface area contributed by atoms with Gasteiger partial charge < -0.3 is 5.32 Å². The maximum atomic E-state index is 12.0. The number of hydrogen-bond donors (Lipinski definition) is 1. The number of aromatic nitrogens is 1. The maximum absolute atomic E-state index is 12.0. The molecular formula is C13H11BrN2O3S. The van der Waals surface area contributed by atoms with Crippen molar-refractivity contribution in [2.24, 2.45) is 0 Å². The Hall–Kier alpha value is -1.73. The average Bonchev–Trinajstić information content (AvgIpc) is 2.38. The number of sulfone groups is 1. The highest BCUT2D eigenvalue weighted by Gasteiger charge is 2.11. The molecule has 1 amide bonds. The van der Waals surface area contributed by atoms with Crippen LogP contribution in [0, 0.1) is 0 Å². The van der Waals surface area contributed by atoms with Gasteiger partial charge in [0.25, 0.3) is 5.91 Å². The second-order valence-corrected chi connectivity index (χ2v) is 6.86. The Balaban J connectivity index is 2.19. The summed E-state index contributed by atoms with van der Waals surface area (Å²) in [6, 6.07) is 9.27. The van der Waals surface area contributed by atoms with Crippen LogP contribution in [-0.4, -0.2) is 25.6 Å². The van der Waals surface area contributed by atoms with Crippen LogP contribution in [0.4, 0.5) is 5.69 Å². The zero-order chi connectivity index (χ0) is 14.8. The van der Waals surface area contributed by atoms with E-state index in [-0.39, 0.29) is 10.8 Å². The van der Waals surface area contributed by atoms with E-state index in [4.69, 9.17) is 0 Å². The topological polar surface area (TPSA) is 76.1 Å². The van der Waals surface area contributed by atoms with Crippen molar-refractivity contribution in [2.45, 2.75) is 4.90 Å². The molecule has 1 heterocycles. The van der Waals surface area contributed by atoms with Gasteiger partial charge in [0.2, 0.25) is 0 Å². The summed E-state index contributed by atoms with van der Waals surface area (Å²) in [6.07, 6.45) is 2.70. The molecule has 0 saturated carbocycles. The molecule has 2 rings (SSSR count). The van der Waals surface area contributed by atoms with Gasteiger partial charge in [-0.15, -0.1) is 0 Å². The number of pyridine rings is 1. The smallest absolute Gasteiger partial charge is 0.258 e. The predicted molar refractivity (Wildman–Crippen MR) is 79.4 cm³/mol. The molecule has 5 nitrogen and oxygen atoms in total. The van der Waals surface area contributed by atoms with E-state index in [0.717, 1.165) is 6.26 Å². The average molecular weight is 355 g/mol. The SMILES string of the molecule is CS(=O)(=O)c1ccc(NC(=O)c2cccnc2Br)cc1. The summed E-state index contributed by atoms with van der Waals surface area (Å²) in [5, 5.41) is 2.67. The van der Waals surface area contributed by atoms with E-state index in [1.165, 1.54) is 12.1 Å². The summed E-state index contributed by atoms with van der Waals surface area (Å²) in [4.78, 5) is 16.2. The number of benzene rings is 1. The number of rotatable bonds is 3. The molecule has 1 N–H and O–H groups in total. The van der Waals surface area contributed by atoms with Gasteiger partial charge in [-0.1, -0.05) is 0 Å². The molecule has 0 atom stereocenters. The quantitative estimate of drug-likeness (QED) is 0.859. The molecule has 0 aliphatic rings. The second-order valence-electron chi connectivity index (χ2n) is 4.09. The van der Waals surface area contributed by atoms with E-state index in [1.807, 2.05) is 0 Å². The monoisotopic (exact) mass is 354 g/mol. The van der Waals surface area contributed by atoms with Gasteiger partial charge in [-0.05, 0) is 52.3 Å². The summed E-state index contributed by atoms with van der Waals surface area (Å²) >= 11 is 3.20. The van der Waals surface area contributed by atoms with E-state index < -0.39 is 9.84 Å². The van der Waals surface area contributed by atoms with Crippen molar-refractivity contribution in [1.29, 1.82) is 0 Å². The second kappa shape index (κ2) is 5.72. The number of carbonyl (C=O) groups is 1. The number of carbonyl (C=O) groups excluding carboxylic acids is 1. The molecule has 0 bridgehead atoms. The van der Waals surface area contributed by atoms with E-state index in [2.05, 4.69) is 26.2 Å². The van der Waals surface area contributed by atoms with E-state index in [0.29, 0.717) is 15.9 Å². The molecule has 7 heteroatoms. The summed E-state index contributed by atoms with van der Waals surface area (Å²) in [5.41, 5.74) is 0.915. The Labute approximate surface area is 125 Å². The highest BCUT2D eigenvalue weighted by atomic mass is 79.9. The van der Waals surface area contributed by atoms with Crippen LogP contribution < -0.4 is 5.32 Å². The van der Waals surface area contributed by atoms with Gasteiger partial charge in [-0.2, -0.15) is 0 Å². The predicted octanol–water partition coefficient (Wildman–Crippen LogP) is 2.50. The molecule has 1 aromatic heterocycles. The van der Waals surface area contributed by atoms with Gasteiger partial charge >= 0.3 is 0 Å². The van der Waals surface area contributed by atoms with Crippen LogP contribution in [0.3, 0.4) is 0 Å². The van der Waals surface area contributed by atoms with Crippen molar-refractivity contribution in [3.05, 3.63) is 52.8 Å². The number of amides is 1. The highest BCUT2D eigenvalue weighted by molar-refractivity contribution is 9.10. The lowest BCUT2D eigenvalue weighted by atomic mass is 10.2. The summed E-state index contributed by atoms with van der Waals surface area (Å²) in [5.74, 6) is -0.322. The number of halogens is 1. The molecule has 20 heavy (non-hydrogen) atoms. The van der Waals surface area contributed by atoms with Gasteiger partial charge in [-0.25, -0.2) is 13.4 Å². The fourth-order valence-corrected chi connectivity index (χ4v) is 2.60. The molecule has 0 unspecified atom stereocenters. The van der Waals surface area contributed by atoms with Crippen molar-refractivity contribution in [3.8, 4) is 0 Å². The molecular weight excluding hydrogens is 344 g/mol. The first-order valence-corrected chi connectivity index (χ1v) is 8.28. The van der Waals surface area contributed by atoms with Crippen LogP contribution in [0.15, 0.2) is 52.1 Å². The van der Waals surface area contributed by atoms with Gasteiger partial charge in [0, 0.05) is 18.1 Å². The van der Waals surface area contributed by atoms with Crippen LogP contribution in [0.1, 0.15) is 10.4 Å². The van der Waals surface area contributed by atoms with Gasteiger partial charge in [0.15, 0.2) is 9.84 Å². The molecule has 1 aromatic carbocycles. The lowest BCUT2D eigenvalue weighted by molar-refractivity contribution is 0.102. The normalized spacial score (nSPS) is 11.1. The molecule has 104 valence electrons. The summed E-state index contributed by atoms with van der Waals surface area (Å²) in [7, 11) is -3.24. The van der Waals surface area contributed by atoms with Crippen molar-refractivity contribution >= 4 is 37.4 Å². The first-order valence-electron chi connectivity index (χ1n) is 5.60. The fourth-order valence-electron chi connectivity index (χ4n) is 1.54. The minimum Gasteiger partial charge on any atom is -0.322 e. The number of nitrogens with zero attached hydrogens (tertiary/aromatic N) is 1. The summed E-state index contributed by atoms with van der Waals surface area (Å²) in [6.45, 7) is 0. The third-order valence-electron chi connectivity index (χ3n) is 2.54. The maximum Gasteiger partial charge on any atom is 0.258 e. The zero-order valence-electron chi connectivity index (χ0n) is 10.5. The Morgan fingerprint density at radius 1 is 1.20 bits per heavy atom. The molecule has 0 aliphatic heterocycles. The first-order chi connectivity index (χ1) is 9.38. The Kier molecular flexibility index (Phi) is 4.20. The van der Waals surface area contributed by atoms with Crippen molar-refractivity contribution in [1.82, 2.24) is 4.98 Å². The van der Waals surface area contributed by atoms with Crippen LogP contribution in [-0.2, 0) is 9.84 Å². The Bertz CT molecular complexity index is 742. The number of nitrogens with one attached hydrogen (secondary N) is 1. The third-order valence-corrected chi connectivity index (χ3v) is 4.30. The van der Waals surface area contributed by atoms with Crippen LogP contribution in [0.25, 0.3) is 0 Å². The van der Waals surface area contributed by atoms with Gasteiger partial charge in [0.05, 0.1) is 10.5 Å². The third kappa shape index (κ3) is 3.43. The van der Waals surface area contributed by atoms with Crippen LogP contribution in [0.2, 0.25) is 0 Å². The lowest BCUT2D eigenvalue weighted by Gasteiger charge is -2.07. The van der Waals surface area contributed by atoms with Crippen molar-refractivity contribution in [2.75, 3.05) is 11.6 Å². The minimum absolute atomic E-state index is 0.207. The van der Waals surface area contributed by atoms with Gasteiger partial charge in [0.1, 0.15) is 4.60 Å². The van der Waals surface area contributed by atoms with E-state index in [9.17, 15) is 13.2 Å². The Morgan fingerprint density at radius 2 is 1.85 bits per heavy atom. The summed E-state index contributed by atoms with van der Waals surface area (Å²) < 4.78 is 23.1. The molecule has 0 aliphatic carbocycles. The number of hydrogen-bond acceptors (Lipinski definition) is 4. The minimum atomic E-state index is -3.24. The molecule has 2 aromatic rings. The van der Waals surface area contributed by atoms with Crippen molar-refractivity contribution < 1.29 is 13.2 Å². The van der Waals surface area contributed by atoms with E-state index >= 15 is 0 Å². The fraction of sp³-hybridized carbons (Fsp3) is 0.0769. The molecule has 0 fully saturated rings. The van der Waals surface area contributed by atoms with Crippen molar-refractivity contribution in [3.63, 3.8) is 0 Å². The molecule has 0 spiro atoms. The highest BCUT2D eigenvalue weighted by Crippen LogP contribution is 2.17.